The maximum absolute atomic E-state index is 13.3. The molecule has 0 unspecified atom stereocenters. The molecule has 1 saturated heterocycles. The highest BCUT2D eigenvalue weighted by atomic mass is 19.4. The molecule has 0 aliphatic carbocycles. The first-order valence-corrected chi connectivity index (χ1v) is 8.58. The average Bonchev–Trinajstić information content (AvgIpc) is 3.19. The minimum atomic E-state index is -4.49. The summed E-state index contributed by atoms with van der Waals surface area (Å²) in [7, 11) is 0. The Hall–Kier alpha value is -2.12. The number of hydrogen-bond donors (Lipinski definition) is 0. The maximum Gasteiger partial charge on any atom is 0.433 e. The first kappa shape index (κ1) is 17.7. The Morgan fingerprint density at radius 3 is 2.72 bits per heavy atom. The summed E-state index contributed by atoms with van der Waals surface area (Å²) in [5, 5.41) is 4.17. The zero-order chi connectivity index (χ0) is 18.2. The van der Waals surface area contributed by atoms with E-state index >= 15 is 0 Å². The summed E-state index contributed by atoms with van der Waals surface area (Å²) >= 11 is 0. The number of aromatic nitrogens is 3. The minimum Gasteiger partial charge on any atom is -0.342 e. The monoisotopic (exact) mass is 354 g/mol. The first-order valence-electron chi connectivity index (χ1n) is 8.58. The number of halogens is 3. The lowest BCUT2D eigenvalue weighted by Crippen LogP contribution is -2.28. The Balaban J connectivity index is 1.93. The molecule has 1 amide bonds. The molecule has 8 heteroatoms. The third-order valence-electron chi connectivity index (χ3n) is 4.57. The molecule has 3 heterocycles. The molecule has 3 rings (SSSR count). The van der Waals surface area contributed by atoms with E-state index in [9.17, 15) is 18.0 Å². The van der Waals surface area contributed by atoms with Gasteiger partial charge in [0.05, 0.1) is 5.69 Å². The highest BCUT2D eigenvalue weighted by Crippen LogP contribution is 2.32. The Morgan fingerprint density at radius 2 is 2.08 bits per heavy atom. The molecule has 136 valence electrons. The highest BCUT2D eigenvalue weighted by molar-refractivity contribution is 5.76. The van der Waals surface area contributed by atoms with Gasteiger partial charge in [0, 0.05) is 37.2 Å². The molecule has 25 heavy (non-hydrogen) atoms. The van der Waals surface area contributed by atoms with Crippen molar-refractivity contribution in [3.05, 3.63) is 29.2 Å². The fraction of sp³-hybridized carbons (Fsp3) is 0.588. The second-order valence-corrected chi connectivity index (χ2v) is 6.40. The second-order valence-electron chi connectivity index (χ2n) is 6.40. The standard InChI is InChI=1S/C17H21F3N4O/c1-3-5-16(25)23-7-6-11(10-23)13-9-15-21-12(4-2)8-14(17(18,19)20)24(15)22-13/h8-9,11H,3-7,10H2,1-2H3/t11-/m0/s1. The number of carbonyl (C=O) groups excluding carboxylic acids is 1. The van der Waals surface area contributed by atoms with Crippen LogP contribution < -0.4 is 0 Å². The molecule has 0 radical (unpaired) electrons. The van der Waals surface area contributed by atoms with Gasteiger partial charge in [-0.3, -0.25) is 4.79 Å². The van der Waals surface area contributed by atoms with E-state index in [1.807, 2.05) is 6.92 Å². The fourth-order valence-electron chi connectivity index (χ4n) is 3.23. The van der Waals surface area contributed by atoms with Crippen molar-refractivity contribution < 1.29 is 18.0 Å². The molecule has 0 aromatic carbocycles. The number of fused-ring (bicyclic) bond motifs is 1. The summed E-state index contributed by atoms with van der Waals surface area (Å²) in [4.78, 5) is 18.0. The molecule has 2 aromatic heterocycles. The Morgan fingerprint density at radius 1 is 1.32 bits per heavy atom. The van der Waals surface area contributed by atoms with E-state index in [1.54, 1.807) is 17.9 Å². The molecule has 2 aromatic rings. The van der Waals surface area contributed by atoms with Gasteiger partial charge >= 0.3 is 6.18 Å². The van der Waals surface area contributed by atoms with Crippen LogP contribution in [-0.2, 0) is 17.4 Å². The molecule has 1 aliphatic rings. The summed E-state index contributed by atoms with van der Waals surface area (Å²) < 4.78 is 40.9. The fourth-order valence-corrected chi connectivity index (χ4v) is 3.23. The van der Waals surface area contributed by atoms with Crippen molar-refractivity contribution in [2.75, 3.05) is 13.1 Å². The van der Waals surface area contributed by atoms with Crippen molar-refractivity contribution in [3.63, 3.8) is 0 Å². The van der Waals surface area contributed by atoms with E-state index in [-0.39, 0.29) is 17.5 Å². The predicted octanol–water partition coefficient (Wildman–Crippen LogP) is 3.43. The lowest BCUT2D eigenvalue weighted by molar-refractivity contribution is -0.142. The van der Waals surface area contributed by atoms with Crippen LogP contribution in [0.4, 0.5) is 13.2 Å². The van der Waals surface area contributed by atoms with Crippen molar-refractivity contribution in [2.45, 2.75) is 51.6 Å². The Labute approximate surface area is 143 Å². The number of rotatable bonds is 4. The van der Waals surface area contributed by atoms with Crippen molar-refractivity contribution >= 4 is 11.6 Å². The van der Waals surface area contributed by atoms with Gasteiger partial charge in [0.1, 0.15) is 5.69 Å². The number of carbonyl (C=O) groups is 1. The second kappa shape index (κ2) is 6.65. The van der Waals surface area contributed by atoms with E-state index in [0.29, 0.717) is 43.7 Å². The van der Waals surface area contributed by atoms with Crippen LogP contribution in [0.15, 0.2) is 12.1 Å². The SMILES string of the molecule is CCCC(=O)N1CC[C@H](c2cc3nc(CC)cc(C(F)(F)F)n3n2)C1. The van der Waals surface area contributed by atoms with Gasteiger partial charge in [-0.1, -0.05) is 13.8 Å². The van der Waals surface area contributed by atoms with Crippen LogP contribution in [0.1, 0.15) is 56.1 Å². The lowest BCUT2D eigenvalue weighted by Gasteiger charge is -2.15. The van der Waals surface area contributed by atoms with Gasteiger partial charge < -0.3 is 4.90 Å². The summed E-state index contributed by atoms with van der Waals surface area (Å²) in [6.45, 7) is 4.84. The van der Waals surface area contributed by atoms with Gasteiger partial charge in [-0.2, -0.15) is 18.3 Å². The van der Waals surface area contributed by atoms with E-state index in [4.69, 9.17) is 0 Å². The summed E-state index contributed by atoms with van der Waals surface area (Å²) in [5.74, 6) is 0.0461. The maximum atomic E-state index is 13.3. The molecule has 5 nitrogen and oxygen atoms in total. The molecule has 1 fully saturated rings. The summed E-state index contributed by atoms with van der Waals surface area (Å²) in [6.07, 6.45) is -2.08. The summed E-state index contributed by atoms with van der Waals surface area (Å²) in [5.41, 5.74) is 0.355. The Kier molecular flexibility index (Phi) is 4.71. The van der Waals surface area contributed by atoms with E-state index < -0.39 is 11.9 Å². The quantitative estimate of drug-likeness (QED) is 0.845. The van der Waals surface area contributed by atoms with Crippen LogP contribution in [0.3, 0.4) is 0 Å². The van der Waals surface area contributed by atoms with Crippen molar-refractivity contribution in [1.29, 1.82) is 0 Å². The molecule has 0 spiro atoms. The number of alkyl halides is 3. The van der Waals surface area contributed by atoms with Crippen molar-refractivity contribution in [3.8, 4) is 0 Å². The Bertz CT molecular complexity index is 784. The zero-order valence-electron chi connectivity index (χ0n) is 14.3. The molecule has 1 aliphatic heterocycles. The van der Waals surface area contributed by atoms with Crippen molar-refractivity contribution in [2.24, 2.45) is 0 Å². The van der Waals surface area contributed by atoms with Gasteiger partial charge in [-0.25, -0.2) is 9.50 Å². The number of aryl methyl sites for hydroxylation is 1. The molecule has 0 N–H and O–H groups in total. The number of nitrogens with zero attached hydrogens (tertiary/aromatic N) is 4. The molecule has 0 bridgehead atoms. The van der Waals surface area contributed by atoms with Crippen LogP contribution in [-0.4, -0.2) is 38.5 Å². The minimum absolute atomic E-state index is 0.0475. The molecular formula is C17H21F3N4O. The smallest absolute Gasteiger partial charge is 0.342 e. The normalized spacial score (nSPS) is 18.3. The molecule has 0 saturated carbocycles. The van der Waals surface area contributed by atoms with E-state index in [1.165, 1.54) is 0 Å². The predicted molar refractivity (Wildman–Crippen MR) is 86.2 cm³/mol. The van der Waals surface area contributed by atoms with E-state index in [0.717, 1.165) is 17.0 Å². The average molecular weight is 354 g/mol. The third-order valence-corrected chi connectivity index (χ3v) is 4.57. The van der Waals surface area contributed by atoms with Gasteiger partial charge in [-0.15, -0.1) is 0 Å². The number of likely N-dealkylation sites (tertiary alicyclic amines) is 1. The van der Waals surface area contributed by atoms with Crippen LogP contribution >= 0.6 is 0 Å². The molecule has 1 atom stereocenters. The molecular weight excluding hydrogens is 333 g/mol. The van der Waals surface area contributed by atoms with Gasteiger partial charge in [0.25, 0.3) is 0 Å². The zero-order valence-corrected chi connectivity index (χ0v) is 14.3. The van der Waals surface area contributed by atoms with Crippen LogP contribution in [0.5, 0.6) is 0 Å². The lowest BCUT2D eigenvalue weighted by atomic mass is 10.1. The van der Waals surface area contributed by atoms with Gasteiger partial charge in [-0.05, 0) is 25.3 Å². The number of amides is 1. The first-order chi connectivity index (χ1) is 11.8. The van der Waals surface area contributed by atoms with E-state index in [2.05, 4.69) is 10.1 Å². The van der Waals surface area contributed by atoms with Crippen LogP contribution in [0, 0.1) is 0 Å². The van der Waals surface area contributed by atoms with Crippen LogP contribution in [0.25, 0.3) is 5.65 Å². The number of hydrogen-bond acceptors (Lipinski definition) is 3. The van der Waals surface area contributed by atoms with Gasteiger partial charge in [0.2, 0.25) is 5.91 Å². The topological polar surface area (TPSA) is 50.5 Å². The van der Waals surface area contributed by atoms with Crippen molar-refractivity contribution in [1.82, 2.24) is 19.5 Å². The highest BCUT2D eigenvalue weighted by Gasteiger charge is 2.36. The summed E-state index contributed by atoms with van der Waals surface area (Å²) in [6, 6.07) is 2.67. The largest absolute Gasteiger partial charge is 0.433 e. The van der Waals surface area contributed by atoms with Crippen LogP contribution in [0.2, 0.25) is 0 Å². The van der Waals surface area contributed by atoms with Gasteiger partial charge in [0.15, 0.2) is 5.65 Å². The third kappa shape index (κ3) is 3.48.